The molecule has 1 atom stereocenters. The molecular formula is C11H21N3O3S. The largest absolute Gasteiger partial charge is 0.480 e. The number of aromatic nitrogens is 1. The fraction of sp³-hybridized carbons (Fsp3) is 0.727. The molecule has 0 spiro atoms. The zero-order chi connectivity index (χ0) is 13.5. The lowest BCUT2D eigenvalue weighted by Gasteiger charge is -2.14. The van der Waals surface area contributed by atoms with Crippen LogP contribution in [0.3, 0.4) is 0 Å². The summed E-state index contributed by atoms with van der Waals surface area (Å²) in [5, 5.41) is 13.3. The molecule has 6 nitrogen and oxygen atoms in total. The summed E-state index contributed by atoms with van der Waals surface area (Å²) in [6, 6.07) is -0.0791. The summed E-state index contributed by atoms with van der Waals surface area (Å²) in [4.78, 5) is 7.32. The minimum Gasteiger partial charge on any atom is -0.480 e. The number of aliphatic hydroxyl groups is 1. The Morgan fingerprint density at radius 3 is 2.67 bits per heavy atom. The third-order valence-corrected chi connectivity index (χ3v) is 3.57. The summed E-state index contributed by atoms with van der Waals surface area (Å²) < 4.78 is 10.3. The second-order valence-electron chi connectivity index (χ2n) is 4.04. The van der Waals surface area contributed by atoms with E-state index in [1.165, 1.54) is 0 Å². The van der Waals surface area contributed by atoms with E-state index in [0.29, 0.717) is 19.0 Å². The zero-order valence-electron chi connectivity index (χ0n) is 11.3. The number of hydrogen-bond donors (Lipinski definition) is 2. The van der Waals surface area contributed by atoms with Gasteiger partial charge in [0.05, 0.1) is 31.2 Å². The Bertz CT molecular complexity index is 357. The maximum atomic E-state index is 9.16. The standard InChI is InChI=1S/C11H21N3O3S/c1-14(2)11-13-10(17-4)9(18-11)5-12-8(6-15)7-16-3/h8,12,15H,5-7H2,1-4H3. The third-order valence-electron chi connectivity index (χ3n) is 2.37. The van der Waals surface area contributed by atoms with Crippen LogP contribution in [0.4, 0.5) is 5.13 Å². The Kier molecular flexibility index (Phi) is 6.34. The molecule has 2 N–H and O–H groups in total. The fourth-order valence-corrected chi connectivity index (χ4v) is 2.31. The monoisotopic (exact) mass is 275 g/mol. The lowest BCUT2D eigenvalue weighted by molar-refractivity contribution is 0.128. The second-order valence-corrected chi connectivity index (χ2v) is 5.10. The molecule has 1 unspecified atom stereocenters. The number of nitrogens with zero attached hydrogens (tertiary/aromatic N) is 2. The molecule has 104 valence electrons. The maximum absolute atomic E-state index is 9.16. The number of hydrogen-bond acceptors (Lipinski definition) is 7. The molecule has 18 heavy (non-hydrogen) atoms. The minimum absolute atomic E-state index is 0.0372. The number of nitrogens with one attached hydrogen (secondary N) is 1. The molecule has 0 aliphatic rings. The van der Waals surface area contributed by atoms with Crippen LogP contribution in [0, 0.1) is 0 Å². The molecule has 0 aliphatic heterocycles. The summed E-state index contributed by atoms with van der Waals surface area (Å²) in [5.74, 6) is 0.630. The van der Waals surface area contributed by atoms with E-state index in [4.69, 9.17) is 14.6 Å². The van der Waals surface area contributed by atoms with Crippen LogP contribution in [0.1, 0.15) is 4.88 Å². The Hall–Kier alpha value is -0.890. The first-order chi connectivity index (χ1) is 8.62. The predicted molar refractivity (Wildman–Crippen MR) is 72.6 cm³/mol. The van der Waals surface area contributed by atoms with E-state index in [9.17, 15) is 0 Å². The molecule has 0 fully saturated rings. The quantitative estimate of drug-likeness (QED) is 0.712. The maximum Gasteiger partial charge on any atom is 0.230 e. The van der Waals surface area contributed by atoms with E-state index in [-0.39, 0.29) is 12.6 Å². The normalized spacial score (nSPS) is 12.5. The molecule has 7 heteroatoms. The highest BCUT2D eigenvalue weighted by atomic mass is 32.1. The summed E-state index contributed by atoms with van der Waals surface area (Å²) in [6.07, 6.45) is 0. The summed E-state index contributed by atoms with van der Waals surface area (Å²) in [6.45, 7) is 1.11. The van der Waals surface area contributed by atoms with Gasteiger partial charge in [0.15, 0.2) is 5.13 Å². The highest BCUT2D eigenvalue weighted by Crippen LogP contribution is 2.30. The van der Waals surface area contributed by atoms with Gasteiger partial charge in [-0.2, -0.15) is 4.98 Å². The van der Waals surface area contributed by atoms with Crippen molar-refractivity contribution in [2.75, 3.05) is 46.4 Å². The van der Waals surface area contributed by atoms with Gasteiger partial charge in [0, 0.05) is 27.7 Å². The summed E-state index contributed by atoms with van der Waals surface area (Å²) in [5.41, 5.74) is 0. The van der Waals surface area contributed by atoms with E-state index in [1.54, 1.807) is 25.6 Å². The average molecular weight is 275 g/mol. The van der Waals surface area contributed by atoms with E-state index in [0.717, 1.165) is 10.0 Å². The molecule has 0 aromatic carbocycles. The van der Waals surface area contributed by atoms with Gasteiger partial charge in [0.1, 0.15) is 0 Å². The van der Waals surface area contributed by atoms with Crippen molar-refractivity contribution in [3.05, 3.63) is 4.88 Å². The molecule has 1 heterocycles. The summed E-state index contributed by atoms with van der Waals surface area (Å²) in [7, 11) is 7.10. The molecule has 1 rings (SSSR count). The van der Waals surface area contributed by atoms with Crippen molar-refractivity contribution < 1.29 is 14.6 Å². The van der Waals surface area contributed by atoms with Gasteiger partial charge in [0.25, 0.3) is 0 Å². The Morgan fingerprint density at radius 1 is 1.44 bits per heavy atom. The van der Waals surface area contributed by atoms with Gasteiger partial charge in [-0.25, -0.2) is 0 Å². The van der Waals surface area contributed by atoms with E-state index < -0.39 is 0 Å². The lowest BCUT2D eigenvalue weighted by atomic mass is 10.3. The SMILES string of the molecule is COCC(CO)NCc1sc(N(C)C)nc1OC. The molecule has 0 amide bonds. The minimum atomic E-state index is -0.0791. The van der Waals surface area contributed by atoms with Crippen LogP contribution in [0.5, 0.6) is 5.88 Å². The van der Waals surface area contributed by atoms with Crippen molar-refractivity contribution >= 4 is 16.5 Å². The van der Waals surface area contributed by atoms with E-state index in [1.807, 2.05) is 19.0 Å². The number of thiazole rings is 1. The number of aliphatic hydroxyl groups excluding tert-OH is 1. The fourth-order valence-electron chi connectivity index (χ4n) is 1.40. The predicted octanol–water partition coefficient (Wildman–Crippen LogP) is 0.315. The molecule has 0 aliphatic carbocycles. The molecular weight excluding hydrogens is 254 g/mol. The first-order valence-electron chi connectivity index (χ1n) is 5.66. The first kappa shape index (κ1) is 15.2. The van der Waals surface area contributed by atoms with Gasteiger partial charge < -0.3 is 24.8 Å². The van der Waals surface area contributed by atoms with Crippen molar-refractivity contribution in [1.29, 1.82) is 0 Å². The Morgan fingerprint density at radius 2 is 2.17 bits per heavy atom. The van der Waals surface area contributed by atoms with Crippen LogP contribution in [-0.4, -0.2) is 57.7 Å². The lowest BCUT2D eigenvalue weighted by Crippen LogP contribution is -2.35. The van der Waals surface area contributed by atoms with Crippen molar-refractivity contribution in [3.8, 4) is 5.88 Å². The highest BCUT2D eigenvalue weighted by Gasteiger charge is 2.14. The molecule has 1 aromatic heterocycles. The molecule has 0 bridgehead atoms. The van der Waals surface area contributed by atoms with Crippen molar-refractivity contribution in [1.82, 2.24) is 10.3 Å². The molecule has 0 saturated heterocycles. The van der Waals surface area contributed by atoms with Crippen molar-refractivity contribution in [2.24, 2.45) is 0 Å². The van der Waals surface area contributed by atoms with Gasteiger partial charge in [-0.1, -0.05) is 11.3 Å². The van der Waals surface area contributed by atoms with E-state index >= 15 is 0 Å². The molecule has 0 saturated carbocycles. The smallest absolute Gasteiger partial charge is 0.230 e. The van der Waals surface area contributed by atoms with Crippen molar-refractivity contribution in [2.45, 2.75) is 12.6 Å². The van der Waals surface area contributed by atoms with Gasteiger partial charge in [-0.3, -0.25) is 0 Å². The van der Waals surface area contributed by atoms with Crippen LogP contribution >= 0.6 is 11.3 Å². The van der Waals surface area contributed by atoms with Gasteiger partial charge in [-0.15, -0.1) is 0 Å². The van der Waals surface area contributed by atoms with Gasteiger partial charge >= 0.3 is 0 Å². The number of ether oxygens (including phenoxy) is 2. The highest BCUT2D eigenvalue weighted by molar-refractivity contribution is 7.15. The first-order valence-corrected chi connectivity index (χ1v) is 6.48. The van der Waals surface area contributed by atoms with Gasteiger partial charge in [0.2, 0.25) is 5.88 Å². The number of rotatable bonds is 8. The molecule has 1 aromatic rings. The Balaban J connectivity index is 2.65. The van der Waals surface area contributed by atoms with E-state index in [2.05, 4.69) is 10.3 Å². The summed E-state index contributed by atoms with van der Waals surface area (Å²) >= 11 is 1.57. The zero-order valence-corrected chi connectivity index (χ0v) is 12.1. The third kappa shape index (κ3) is 4.09. The van der Waals surface area contributed by atoms with Crippen LogP contribution in [0.15, 0.2) is 0 Å². The van der Waals surface area contributed by atoms with Crippen molar-refractivity contribution in [3.63, 3.8) is 0 Å². The second kappa shape index (κ2) is 7.52. The van der Waals surface area contributed by atoms with Crippen LogP contribution in [-0.2, 0) is 11.3 Å². The van der Waals surface area contributed by atoms with Crippen LogP contribution < -0.4 is 15.0 Å². The molecule has 0 radical (unpaired) electrons. The van der Waals surface area contributed by atoms with Gasteiger partial charge in [-0.05, 0) is 0 Å². The van der Waals surface area contributed by atoms with Crippen LogP contribution in [0.25, 0.3) is 0 Å². The van der Waals surface area contributed by atoms with Crippen LogP contribution in [0.2, 0.25) is 0 Å². The number of anilines is 1. The average Bonchev–Trinajstić information content (AvgIpc) is 2.77. The Labute approximate surface area is 112 Å². The number of methoxy groups -OCH3 is 2. The topological polar surface area (TPSA) is 66.9 Å².